The average molecular weight is 343 g/mol. The summed E-state index contributed by atoms with van der Waals surface area (Å²) in [6.07, 6.45) is 3.75. The van der Waals surface area contributed by atoms with E-state index in [-0.39, 0.29) is 23.2 Å². The van der Waals surface area contributed by atoms with Gasteiger partial charge < -0.3 is 14.4 Å². The third-order valence-electron chi connectivity index (χ3n) is 4.47. The summed E-state index contributed by atoms with van der Waals surface area (Å²) in [6, 6.07) is 4.50. The number of ether oxygens (including phenoxy) is 2. The van der Waals surface area contributed by atoms with Gasteiger partial charge in [-0.3, -0.25) is 4.79 Å². The van der Waals surface area contributed by atoms with Gasteiger partial charge in [-0.2, -0.15) is 4.98 Å². The van der Waals surface area contributed by atoms with E-state index in [4.69, 9.17) is 9.47 Å². The number of nitrogens with zero attached hydrogens (tertiary/aromatic N) is 3. The summed E-state index contributed by atoms with van der Waals surface area (Å²) in [6.45, 7) is 1.62. The van der Waals surface area contributed by atoms with Crippen molar-refractivity contribution in [3.8, 4) is 23.0 Å². The van der Waals surface area contributed by atoms with Gasteiger partial charge in [0.05, 0.1) is 19.2 Å². The third-order valence-corrected chi connectivity index (χ3v) is 4.47. The molecule has 1 amide bonds. The van der Waals surface area contributed by atoms with Crippen LogP contribution in [0.15, 0.2) is 24.4 Å². The van der Waals surface area contributed by atoms with E-state index in [1.54, 1.807) is 17.0 Å². The van der Waals surface area contributed by atoms with E-state index in [9.17, 15) is 9.18 Å². The van der Waals surface area contributed by atoms with E-state index in [0.29, 0.717) is 30.4 Å². The van der Waals surface area contributed by atoms with Gasteiger partial charge in [0, 0.05) is 12.7 Å². The first-order valence-electron chi connectivity index (χ1n) is 8.29. The minimum Gasteiger partial charge on any atom is -0.496 e. The molecule has 0 bridgehead atoms. The number of benzene rings is 1. The summed E-state index contributed by atoms with van der Waals surface area (Å²) in [4.78, 5) is 23.0. The molecule has 4 rings (SSSR count). The van der Waals surface area contributed by atoms with E-state index in [2.05, 4.69) is 9.97 Å². The normalized spacial score (nSPS) is 16.9. The molecule has 0 radical (unpaired) electrons. The van der Waals surface area contributed by atoms with Gasteiger partial charge in [-0.1, -0.05) is 6.07 Å². The Hall–Kier alpha value is -2.70. The number of aromatic nitrogens is 2. The fourth-order valence-corrected chi connectivity index (χ4v) is 2.95. The van der Waals surface area contributed by atoms with Crippen LogP contribution in [0.1, 0.15) is 23.2 Å². The SMILES string of the molecule is COc1cccc(F)c1-c1ncc2c(n1)OCCN(CC1CC1)C2=O. The largest absolute Gasteiger partial charge is 0.496 e. The Labute approximate surface area is 144 Å². The van der Waals surface area contributed by atoms with Crippen LogP contribution >= 0.6 is 0 Å². The quantitative estimate of drug-likeness (QED) is 0.854. The summed E-state index contributed by atoms with van der Waals surface area (Å²) in [5.74, 6) is 0.625. The number of hydrogen-bond donors (Lipinski definition) is 0. The van der Waals surface area contributed by atoms with Gasteiger partial charge in [0.15, 0.2) is 5.82 Å². The summed E-state index contributed by atoms with van der Waals surface area (Å²) >= 11 is 0. The molecule has 2 aromatic rings. The van der Waals surface area contributed by atoms with Crippen molar-refractivity contribution in [1.82, 2.24) is 14.9 Å². The van der Waals surface area contributed by atoms with E-state index in [1.165, 1.54) is 32.2 Å². The van der Waals surface area contributed by atoms with E-state index in [0.717, 1.165) is 6.54 Å². The van der Waals surface area contributed by atoms with Gasteiger partial charge in [-0.15, -0.1) is 0 Å². The summed E-state index contributed by atoms with van der Waals surface area (Å²) < 4.78 is 25.1. The minimum absolute atomic E-state index is 0.133. The van der Waals surface area contributed by atoms with Crippen molar-refractivity contribution in [3.63, 3.8) is 0 Å². The maximum absolute atomic E-state index is 14.2. The molecule has 25 heavy (non-hydrogen) atoms. The molecule has 7 heteroatoms. The monoisotopic (exact) mass is 343 g/mol. The van der Waals surface area contributed by atoms with Crippen molar-refractivity contribution in [1.29, 1.82) is 0 Å². The summed E-state index contributed by atoms with van der Waals surface area (Å²) in [5.41, 5.74) is 0.472. The molecule has 2 heterocycles. The molecule has 6 nitrogen and oxygen atoms in total. The van der Waals surface area contributed by atoms with Gasteiger partial charge in [0.2, 0.25) is 5.88 Å². The Morgan fingerprint density at radius 3 is 3.00 bits per heavy atom. The summed E-state index contributed by atoms with van der Waals surface area (Å²) in [7, 11) is 1.46. The van der Waals surface area contributed by atoms with Crippen LogP contribution in [0.4, 0.5) is 4.39 Å². The van der Waals surface area contributed by atoms with Crippen LogP contribution in [0.5, 0.6) is 11.6 Å². The van der Waals surface area contributed by atoms with Crippen molar-refractivity contribution >= 4 is 5.91 Å². The number of fused-ring (bicyclic) bond motifs is 1. The van der Waals surface area contributed by atoms with Gasteiger partial charge >= 0.3 is 0 Å². The molecular weight excluding hydrogens is 325 g/mol. The molecule has 1 aromatic carbocycles. The second kappa shape index (κ2) is 6.31. The highest BCUT2D eigenvalue weighted by atomic mass is 19.1. The molecule has 0 spiro atoms. The second-order valence-electron chi connectivity index (χ2n) is 6.27. The third kappa shape index (κ3) is 3.01. The highest BCUT2D eigenvalue weighted by Crippen LogP contribution is 2.34. The molecule has 0 unspecified atom stereocenters. The van der Waals surface area contributed by atoms with Crippen molar-refractivity contribution in [2.24, 2.45) is 5.92 Å². The van der Waals surface area contributed by atoms with Crippen LogP contribution in [-0.2, 0) is 0 Å². The number of hydrogen-bond acceptors (Lipinski definition) is 5. The Morgan fingerprint density at radius 1 is 1.40 bits per heavy atom. The van der Waals surface area contributed by atoms with Crippen molar-refractivity contribution < 1.29 is 18.7 Å². The smallest absolute Gasteiger partial charge is 0.261 e. The maximum Gasteiger partial charge on any atom is 0.261 e. The lowest BCUT2D eigenvalue weighted by Crippen LogP contribution is -2.34. The number of rotatable bonds is 4. The van der Waals surface area contributed by atoms with Crippen molar-refractivity contribution in [3.05, 3.63) is 35.8 Å². The zero-order valence-electron chi connectivity index (χ0n) is 13.9. The molecule has 2 aliphatic rings. The lowest BCUT2D eigenvalue weighted by molar-refractivity contribution is 0.0747. The average Bonchev–Trinajstić information content (AvgIpc) is 3.44. The molecule has 1 aliphatic heterocycles. The first-order chi connectivity index (χ1) is 12.2. The van der Waals surface area contributed by atoms with Crippen LogP contribution in [0, 0.1) is 11.7 Å². The predicted octanol–water partition coefficient (Wildman–Crippen LogP) is 2.54. The maximum atomic E-state index is 14.2. The van der Waals surface area contributed by atoms with E-state index < -0.39 is 5.82 Å². The molecule has 130 valence electrons. The molecule has 1 aliphatic carbocycles. The Kier molecular flexibility index (Phi) is 3.99. The molecule has 1 aromatic heterocycles. The van der Waals surface area contributed by atoms with Gasteiger partial charge in [-0.05, 0) is 30.9 Å². The first-order valence-corrected chi connectivity index (χ1v) is 8.29. The lowest BCUT2D eigenvalue weighted by Gasteiger charge is -2.19. The van der Waals surface area contributed by atoms with Crippen LogP contribution in [0.3, 0.4) is 0 Å². The highest BCUT2D eigenvalue weighted by molar-refractivity contribution is 5.96. The predicted molar refractivity (Wildman–Crippen MR) is 88.1 cm³/mol. The van der Waals surface area contributed by atoms with E-state index >= 15 is 0 Å². The first kappa shape index (κ1) is 15.8. The summed E-state index contributed by atoms with van der Waals surface area (Å²) in [5, 5.41) is 0. The topological polar surface area (TPSA) is 64.6 Å². The lowest BCUT2D eigenvalue weighted by atomic mass is 10.1. The number of carbonyl (C=O) groups excluding carboxylic acids is 1. The molecule has 0 saturated heterocycles. The zero-order valence-corrected chi connectivity index (χ0v) is 13.9. The molecular formula is C18H18FN3O3. The van der Waals surface area contributed by atoms with Crippen LogP contribution in [0.25, 0.3) is 11.4 Å². The number of methoxy groups -OCH3 is 1. The van der Waals surface area contributed by atoms with Crippen molar-refractivity contribution in [2.45, 2.75) is 12.8 Å². The standard InChI is InChI=1S/C18H18FN3O3/c1-24-14-4-2-3-13(19)15(14)16-20-9-12-17(21-16)25-8-7-22(18(12)23)10-11-5-6-11/h2-4,9,11H,5-8,10H2,1H3. The number of amides is 1. The minimum atomic E-state index is -0.491. The number of carbonyl (C=O) groups is 1. The van der Waals surface area contributed by atoms with Gasteiger partial charge in [0.1, 0.15) is 23.7 Å². The van der Waals surface area contributed by atoms with E-state index in [1.807, 2.05) is 0 Å². The molecule has 0 atom stereocenters. The Morgan fingerprint density at radius 2 is 2.24 bits per heavy atom. The molecule has 1 saturated carbocycles. The molecule has 0 N–H and O–H groups in total. The van der Waals surface area contributed by atoms with Crippen LogP contribution in [-0.4, -0.2) is 47.6 Å². The Balaban J connectivity index is 1.71. The second-order valence-corrected chi connectivity index (χ2v) is 6.27. The Bertz CT molecular complexity index is 823. The van der Waals surface area contributed by atoms with Gasteiger partial charge in [-0.25, -0.2) is 9.37 Å². The zero-order chi connectivity index (χ0) is 17.4. The van der Waals surface area contributed by atoms with Crippen LogP contribution < -0.4 is 9.47 Å². The van der Waals surface area contributed by atoms with Gasteiger partial charge in [0.25, 0.3) is 5.91 Å². The number of halogens is 1. The highest BCUT2D eigenvalue weighted by Gasteiger charge is 2.31. The molecule has 1 fully saturated rings. The van der Waals surface area contributed by atoms with Crippen LogP contribution in [0.2, 0.25) is 0 Å². The van der Waals surface area contributed by atoms with Crippen molar-refractivity contribution in [2.75, 3.05) is 26.8 Å². The fourth-order valence-electron chi connectivity index (χ4n) is 2.95. The fraction of sp³-hybridized carbons (Fsp3) is 0.389.